The van der Waals surface area contributed by atoms with E-state index in [1.807, 2.05) is 6.92 Å². The van der Waals surface area contributed by atoms with Gasteiger partial charge < -0.3 is 14.6 Å². The number of alkyl halides is 3. The van der Waals surface area contributed by atoms with Crippen molar-refractivity contribution in [2.45, 2.75) is 26.1 Å². The van der Waals surface area contributed by atoms with Crippen LogP contribution in [0.2, 0.25) is 0 Å². The average Bonchev–Trinajstić information content (AvgIpc) is 2.74. The number of aliphatic hydroxyl groups is 1. The molecule has 108 valence electrons. The van der Waals surface area contributed by atoms with Crippen molar-refractivity contribution in [2.24, 2.45) is 0 Å². The van der Waals surface area contributed by atoms with E-state index in [0.717, 1.165) is 6.42 Å². The molecule has 0 fully saturated rings. The summed E-state index contributed by atoms with van der Waals surface area (Å²) >= 11 is 0. The van der Waals surface area contributed by atoms with Crippen molar-refractivity contribution in [1.29, 1.82) is 0 Å². The van der Waals surface area contributed by atoms with Gasteiger partial charge in [-0.1, -0.05) is 6.92 Å². The predicted molar refractivity (Wildman–Crippen MR) is 63.8 cm³/mol. The lowest BCUT2D eigenvalue weighted by Gasteiger charge is -2.23. The Morgan fingerprint density at radius 3 is 2.68 bits per heavy atom. The second kappa shape index (κ2) is 6.60. The standard InChI is InChI=1S/C12H17F3N2O2/c1-2-5-16-6-3-4-10(16)11(19)17(7-8-18)9-12(13,14)15/h3-4,6,18H,2,5,7-9H2,1H3. The summed E-state index contributed by atoms with van der Waals surface area (Å²) in [4.78, 5) is 12.7. The van der Waals surface area contributed by atoms with Crippen molar-refractivity contribution in [3.05, 3.63) is 24.0 Å². The number of aliphatic hydroxyl groups excluding tert-OH is 1. The maximum atomic E-state index is 12.4. The van der Waals surface area contributed by atoms with Crippen LogP contribution in [0.4, 0.5) is 13.2 Å². The van der Waals surface area contributed by atoms with Crippen LogP contribution < -0.4 is 0 Å². The Balaban J connectivity index is 2.89. The van der Waals surface area contributed by atoms with Crippen LogP contribution in [-0.2, 0) is 6.54 Å². The van der Waals surface area contributed by atoms with Crippen molar-refractivity contribution in [3.63, 3.8) is 0 Å². The highest BCUT2D eigenvalue weighted by Gasteiger charge is 2.33. The minimum absolute atomic E-state index is 0.208. The summed E-state index contributed by atoms with van der Waals surface area (Å²) in [5, 5.41) is 8.78. The summed E-state index contributed by atoms with van der Waals surface area (Å²) in [6, 6.07) is 3.10. The molecule has 0 spiro atoms. The number of halogens is 3. The van der Waals surface area contributed by atoms with Crippen LogP contribution in [0.5, 0.6) is 0 Å². The molecule has 4 nitrogen and oxygen atoms in total. The molecule has 0 saturated heterocycles. The molecule has 0 atom stereocenters. The Bertz CT molecular complexity index is 415. The second-order valence-corrected chi connectivity index (χ2v) is 4.15. The lowest BCUT2D eigenvalue weighted by atomic mass is 10.3. The fourth-order valence-electron chi connectivity index (χ4n) is 1.80. The van der Waals surface area contributed by atoms with Gasteiger partial charge in [0, 0.05) is 19.3 Å². The Labute approximate surface area is 109 Å². The molecule has 0 aliphatic heterocycles. The third-order valence-electron chi connectivity index (χ3n) is 2.54. The number of amides is 1. The number of hydrogen-bond donors (Lipinski definition) is 1. The number of hydrogen-bond acceptors (Lipinski definition) is 2. The molecule has 0 aromatic carbocycles. The van der Waals surface area contributed by atoms with Gasteiger partial charge in [-0.2, -0.15) is 13.2 Å². The number of rotatable bonds is 6. The molecule has 0 saturated carbocycles. The van der Waals surface area contributed by atoms with Crippen molar-refractivity contribution >= 4 is 5.91 Å². The van der Waals surface area contributed by atoms with Gasteiger partial charge in [-0.05, 0) is 18.6 Å². The van der Waals surface area contributed by atoms with E-state index in [1.165, 1.54) is 6.07 Å². The van der Waals surface area contributed by atoms with E-state index in [9.17, 15) is 18.0 Å². The summed E-state index contributed by atoms with van der Waals surface area (Å²) in [5.41, 5.74) is 0.208. The van der Waals surface area contributed by atoms with Gasteiger partial charge in [0.1, 0.15) is 12.2 Å². The Morgan fingerprint density at radius 1 is 1.47 bits per heavy atom. The molecular weight excluding hydrogens is 261 g/mol. The molecule has 0 radical (unpaired) electrons. The lowest BCUT2D eigenvalue weighted by molar-refractivity contribution is -0.141. The summed E-state index contributed by atoms with van der Waals surface area (Å²) in [7, 11) is 0. The molecule has 0 aliphatic rings. The van der Waals surface area contributed by atoms with E-state index in [0.29, 0.717) is 11.4 Å². The molecule has 1 rings (SSSR count). The van der Waals surface area contributed by atoms with Crippen molar-refractivity contribution in [3.8, 4) is 0 Å². The van der Waals surface area contributed by atoms with Crippen LogP contribution in [0.25, 0.3) is 0 Å². The molecule has 7 heteroatoms. The van der Waals surface area contributed by atoms with Gasteiger partial charge >= 0.3 is 6.18 Å². The lowest BCUT2D eigenvalue weighted by Crippen LogP contribution is -2.41. The maximum absolute atomic E-state index is 12.4. The smallest absolute Gasteiger partial charge is 0.395 e. The number of aromatic nitrogens is 1. The molecule has 0 unspecified atom stereocenters. The minimum Gasteiger partial charge on any atom is -0.395 e. The number of carbonyl (C=O) groups excluding carboxylic acids is 1. The van der Waals surface area contributed by atoms with Crippen LogP contribution in [0, 0.1) is 0 Å². The fraction of sp³-hybridized carbons (Fsp3) is 0.583. The van der Waals surface area contributed by atoms with E-state index >= 15 is 0 Å². The third-order valence-corrected chi connectivity index (χ3v) is 2.54. The first kappa shape index (κ1) is 15.6. The first-order chi connectivity index (χ1) is 8.89. The first-order valence-corrected chi connectivity index (χ1v) is 6.01. The number of aryl methyl sites for hydroxylation is 1. The van der Waals surface area contributed by atoms with E-state index in [2.05, 4.69) is 0 Å². The maximum Gasteiger partial charge on any atom is 0.406 e. The molecule has 1 amide bonds. The SMILES string of the molecule is CCCn1cccc1C(=O)N(CCO)CC(F)(F)F. The Hall–Kier alpha value is -1.50. The zero-order valence-corrected chi connectivity index (χ0v) is 10.7. The van der Waals surface area contributed by atoms with Gasteiger partial charge in [0.15, 0.2) is 0 Å². The van der Waals surface area contributed by atoms with Gasteiger partial charge in [-0.15, -0.1) is 0 Å². The third kappa shape index (κ3) is 4.59. The average molecular weight is 278 g/mol. The van der Waals surface area contributed by atoms with E-state index in [4.69, 9.17) is 5.11 Å². The molecule has 1 heterocycles. The highest BCUT2D eigenvalue weighted by molar-refractivity contribution is 5.92. The normalized spacial score (nSPS) is 11.6. The second-order valence-electron chi connectivity index (χ2n) is 4.15. The zero-order valence-electron chi connectivity index (χ0n) is 10.7. The molecule has 1 N–H and O–H groups in total. The summed E-state index contributed by atoms with van der Waals surface area (Å²) < 4.78 is 38.8. The fourth-order valence-corrected chi connectivity index (χ4v) is 1.80. The Kier molecular flexibility index (Phi) is 5.41. The first-order valence-electron chi connectivity index (χ1n) is 6.01. The highest BCUT2D eigenvalue weighted by atomic mass is 19.4. The van der Waals surface area contributed by atoms with Crippen LogP contribution in [0.1, 0.15) is 23.8 Å². The predicted octanol–water partition coefficient (Wildman–Crippen LogP) is 1.89. The topological polar surface area (TPSA) is 45.5 Å². The molecule has 1 aromatic heterocycles. The van der Waals surface area contributed by atoms with Crippen LogP contribution in [-0.4, -0.2) is 46.4 Å². The van der Waals surface area contributed by atoms with Crippen molar-refractivity contribution in [2.75, 3.05) is 19.7 Å². The van der Waals surface area contributed by atoms with Gasteiger partial charge in [0.25, 0.3) is 5.91 Å². The summed E-state index contributed by atoms with van der Waals surface area (Å²) in [6.07, 6.45) is -2.05. The molecule has 1 aromatic rings. The zero-order chi connectivity index (χ0) is 14.5. The van der Waals surface area contributed by atoms with Gasteiger partial charge in [-0.25, -0.2) is 0 Å². The minimum atomic E-state index is -4.48. The summed E-state index contributed by atoms with van der Waals surface area (Å²) in [5.74, 6) is -0.718. The Morgan fingerprint density at radius 2 is 2.16 bits per heavy atom. The van der Waals surface area contributed by atoms with Crippen molar-refractivity contribution in [1.82, 2.24) is 9.47 Å². The van der Waals surface area contributed by atoms with Gasteiger partial charge in [0.05, 0.1) is 6.61 Å². The molecule has 0 aliphatic carbocycles. The summed E-state index contributed by atoms with van der Waals surface area (Å²) in [6.45, 7) is 0.276. The van der Waals surface area contributed by atoms with Crippen LogP contribution in [0.15, 0.2) is 18.3 Å². The highest BCUT2D eigenvalue weighted by Crippen LogP contribution is 2.18. The number of nitrogens with zero attached hydrogens (tertiary/aromatic N) is 2. The van der Waals surface area contributed by atoms with E-state index in [-0.39, 0.29) is 12.2 Å². The molecule has 19 heavy (non-hydrogen) atoms. The molecule has 0 bridgehead atoms. The monoisotopic (exact) mass is 278 g/mol. The quantitative estimate of drug-likeness (QED) is 0.863. The van der Waals surface area contributed by atoms with Gasteiger partial charge in [-0.3, -0.25) is 4.79 Å². The van der Waals surface area contributed by atoms with E-state index in [1.54, 1.807) is 16.8 Å². The van der Waals surface area contributed by atoms with Gasteiger partial charge in [0.2, 0.25) is 0 Å². The number of carbonyl (C=O) groups is 1. The van der Waals surface area contributed by atoms with Crippen molar-refractivity contribution < 1.29 is 23.1 Å². The molecular formula is C12H17F3N2O2. The van der Waals surface area contributed by atoms with E-state index < -0.39 is 25.2 Å². The van der Waals surface area contributed by atoms with Crippen LogP contribution >= 0.6 is 0 Å². The largest absolute Gasteiger partial charge is 0.406 e. The van der Waals surface area contributed by atoms with Crippen LogP contribution in [0.3, 0.4) is 0 Å².